The Balaban J connectivity index is 1.45. The average molecular weight is 403 g/mol. The Labute approximate surface area is 176 Å². The predicted molar refractivity (Wildman–Crippen MR) is 115 cm³/mol. The van der Waals surface area contributed by atoms with Gasteiger partial charge in [0.25, 0.3) is 0 Å². The molecule has 0 bridgehead atoms. The number of aliphatic hydroxyl groups excluding tert-OH is 2. The summed E-state index contributed by atoms with van der Waals surface area (Å²) in [5, 5.41) is 19.5. The van der Waals surface area contributed by atoms with Crippen molar-refractivity contribution in [3.05, 3.63) is 72.3 Å². The molecule has 1 aliphatic rings. The first kappa shape index (κ1) is 20.2. The third-order valence-corrected chi connectivity index (χ3v) is 5.10. The standard InChI is InChI=1S/C24H25N3O3/c1-16(29)24-26-12-13-27(24)20(15-28)9-4-17-2-5-18(6-3-17)19-7-10-21(11-8-19)30-23-14-22(23)25/h2-3,5-8,10-13,16,20,22-23,28-29H,14-15,25H2,1H3/t16-,20-,22+,23+/m0/s1. The second-order valence-electron chi connectivity index (χ2n) is 7.49. The lowest BCUT2D eigenvalue weighted by atomic mass is 10.0. The van der Waals surface area contributed by atoms with Crippen molar-refractivity contribution in [1.82, 2.24) is 9.55 Å². The van der Waals surface area contributed by atoms with Gasteiger partial charge in [0.05, 0.1) is 6.61 Å². The van der Waals surface area contributed by atoms with Gasteiger partial charge < -0.3 is 25.3 Å². The summed E-state index contributed by atoms with van der Waals surface area (Å²) in [6, 6.07) is 15.6. The quantitative estimate of drug-likeness (QED) is 0.550. The Bertz CT molecular complexity index is 1050. The number of rotatable bonds is 6. The molecule has 6 nitrogen and oxygen atoms in total. The second kappa shape index (κ2) is 8.72. The van der Waals surface area contributed by atoms with Crippen LogP contribution in [-0.2, 0) is 0 Å². The molecule has 1 aliphatic carbocycles. The highest BCUT2D eigenvalue weighted by Crippen LogP contribution is 2.28. The van der Waals surface area contributed by atoms with E-state index >= 15 is 0 Å². The summed E-state index contributed by atoms with van der Waals surface area (Å²) in [4.78, 5) is 4.13. The number of hydrogen-bond acceptors (Lipinski definition) is 5. The van der Waals surface area contributed by atoms with E-state index in [0.717, 1.165) is 28.9 Å². The molecule has 4 atom stereocenters. The maximum Gasteiger partial charge on any atom is 0.138 e. The molecule has 30 heavy (non-hydrogen) atoms. The minimum atomic E-state index is -0.729. The molecule has 1 saturated carbocycles. The van der Waals surface area contributed by atoms with Gasteiger partial charge in [0.1, 0.15) is 29.8 Å². The van der Waals surface area contributed by atoms with Crippen LogP contribution in [0.2, 0.25) is 0 Å². The van der Waals surface area contributed by atoms with Crippen LogP contribution in [0.4, 0.5) is 0 Å². The zero-order valence-corrected chi connectivity index (χ0v) is 16.8. The molecule has 0 radical (unpaired) electrons. The number of benzene rings is 2. The number of nitrogens with two attached hydrogens (primary N) is 1. The van der Waals surface area contributed by atoms with Crippen LogP contribution in [0.15, 0.2) is 60.9 Å². The smallest absolute Gasteiger partial charge is 0.138 e. The summed E-state index contributed by atoms with van der Waals surface area (Å²) in [7, 11) is 0. The first-order valence-electron chi connectivity index (χ1n) is 10.0. The fourth-order valence-electron chi connectivity index (χ4n) is 3.25. The van der Waals surface area contributed by atoms with Crippen molar-refractivity contribution in [2.45, 2.75) is 37.6 Å². The highest BCUT2D eigenvalue weighted by molar-refractivity contribution is 5.65. The lowest BCUT2D eigenvalue weighted by Gasteiger charge is -2.14. The van der Waals surface area contributed by atoms with Crippen molar-refractivity contribution in [2.24, 2.45) is 5.73 Å². The molecule has 6 heteroatoms. The topological polar surface area (TPSA) is 93.5 Å². The third kappa shape index (κ3) is 4.55. The molecular weight excluding hydrogens is 378 g/mol. The van der Waals surface area contributed by atoms with Gasteiger partial charge in [-0.3, -0.25) is 0 Å². The SMILES string of the molecule is C[C@H](O)c1nccn1[C@@H](C#Cc1ccc(-c2ccc(O[C@@H]3C[C@H]3N)cc2)cc1)CO. The number of ether oxygens (including phenoxy) is 1. The summed E-state index contributed by atoms with van der Waals surface area (Å²) >= 11 is 0. The van der Waals surface area contributed by atoms with E-state index < -0.39 is 12.1 Å². The Hall–Kier alpha value is -3.11. The third-order valence-electron chi connectivity index (χ3n) is 5.10. The number of hydrogen-bond donors (Lipinski definition) is 3. The maximum atomic E-state index is 9.81. The molecule has 0 aliphatic heterocycles. The van der Waals surface area contributed by atoms with Crippen molar-refractivity contribution in [3.63, 3.8) is 0 Å². The van der Waals surface area contributed by atoms with Gasteiger partial charge in [-0.2, -0.15) is 0 Å². The van der Waals surface area contributed by atoms with E-state index in [9.17, 15) is 10.2 Å². The molecule has 2 aromatic carbocycles. The Morgan fingerprint density at radius 2 is 1.80 bits per heavy atom. The van der Waals surface area contributed by atoms with Crippen LogP contribution in [0.1, 0.15) is 36.9 Å². The summed E-state index contributed by atoms with van der Waals surface area (Å²) in [5.41, 5.74) is 8.81. The molecule has 0 unspecified atom stereocenters. The predicted octanol–water partition coefficient (Wildman–Crippen LogP) is 2.67. The zero-order chi connectivity index (χ0) is 21.1. The Morgan fingerprint density at radius 1 is 1.17 bits per heavy atom. The normalized spacial score (nSPS) is 19.5. The summed E-state index contributed by atoms with van der Waals surface area (Å²) in [6.07, 6.45) is 3.65. The molecule has 1 aromatic heterocycles. The number of nitrogens with zero attached hydrogens (tertiary/aromatic N) is 2. The van der Waals surface area contributed by atoms with Crippen LogP contribution in [0.3, 0.4) is 0 Å². The maximum absolute atomic E-state index is 9.81. The van der Waals surface area contributed by atoms with E-state index in [2.05, 4.69) is 16.8 Å². The van der Waals surface area contributed by atoms with Gasteiger partial charge in [-0.05, 0) is 42.3 Å². The number of aliphatic hydroxyl groups is 2. The van der Waals surface area contributed by atoms with E-state index in [0.29, 0.717) is 5.82 Å². The fraction of sp³-hybridized carbons (Fsp3) is 0.292. The lowest BCUT2D eigenvalue weighted by Crippen LogP contribution is -2.15. The van der Waals surface area contributed by atoms with Crippen molar-refractivity contribution >= 4 is 0 Å². The lowest BCUT2D eigenvalue weighted by molar-refractivity contribution is 0.176. The van der Waals surface area contributed by atoms with Gasteiger partial charge in [-0.15, -0.1) is 0 Å². The van der Waals surface area contributed by atoms with Gasteiger partial charge in [-0.1, -0.05) is 36.1 Å². The summed E-state index contributed by atoms with van der Waals surface area (Å²) in [6.45, 7) is 1.47. The van der Waals surface area contributed by atoms with Gasteiger partial charge in [-0.25, -0.2) is 4.98 Å². The number of aromatic nitrogens is 2. The van der Waals surface area contributed by atoms with Crippen LogP contribution in [0.25, 0.3) is 11.1 Å². The second-order valence-corrected chi connectivity index (χ2v) is 7.49. The van der Waals surface area contributed by atoms with E-state index in [-0.39, 0.29) is 18.8 Å². The van der Waals surface area contributed by atoms with E-state index in [1.165, 1.54) is 0 Å². The highest BCUT2D eigenvalue weighted by atomic mass is 16.5. The molecule has 1 heterocycles. The molecule has 0 amide bonds. The van der Waals surface area contributed by atoms with E-state index in [4.69, 9.17) is 10.5 Å². The Morgan fingerprint density at radius 3 is 2.37 bits per heavy atom. The Kier molecular flexibility index (Phi) is 5.86. The molecule has 0 saturated heterocycles. The van der Waals surface area contributed by atoms with Gasteiger partial charge in [0.15, 0.2) is 0 Å². The molecule has 154 valence electrons. The molecular formula is C24H25N3O3. The van der Waals surface area contributed by atoms with Gasteiger partial charge in [0, 0.05) is 30.4 Å². The zero-order valence-electron chi connectivity index (χ0n) is 16.8. The van der Waals surface area contributed by atoms with Crippen LogP contribution in [0.5, 0.6) is 5.75 Å². The van der Waals surface area contributed by atoms with Crippen LogP contribution in [0, 0.1) is 11.8 Å². The van der Waals surface area contributed by atoms with Crippen molar-refractivity contribution in [3.8, 4) is 28.7 Å². The summed E-state index contributed by atoms with van der Waals surface area (Å²) < 4.78 is 7.48. The number of imidazole rings is 1. The van der Waals surface area contributed by atoms with Gasteiger partial charge >= 0.3 is 0 Å². The molecule has 0 spiro atoms. The van der Waals surface area contributed by atoms with E-state index in [1.807, 2.05) is 48.5 Å². The van der Waals surface area contributed by atoms with Crippen molar-refractivity contribution in [2.75, 3.05) is 6.61 Å². The van der Waals surface area contributed by atoms with Crippen LogP contribution < -0.4 is 10.5 Å². The highest BCUT2D eigenvalue weighted by Gasteiger charge is 2.35. The molecule has 4 rings (SSSR count). The largest absolute Gasteiger partial charge is 0.489 e. The minimum Gasteiger partial charge on any atom is -0.489 e. The van der Waals surface area contributed by atoms with Crippen molar-refractivity contribution in [1.29, 1.82) is 0 Å². The van der Waals surface area contributed by atoms with Crippen LogP contribution in [-0.4, -0.2) is 38.5 Å². The minimum absolute atomic E-state index is 0.149. The van der Waals surface area contributed by atoms with Crippen LogP contribution >= 0.6 is 0 Å². The molecule has 3 aromatic rings. The molecule has 1 fully saturated rings. The first-order valence-corrected chi connectivity index (χ1v) is 10.0. The monoisotopic (exact) mass is 403 g/mol. The average Bonchev–Trinajstić information content (AvgIpc) is 3.24. The fourth-order valence-corrected chi connectivity index (χ4v) is 3.25. The van der Waals surface area contributed by atoms with Crippen molar-refractivity contribution < 1.29 is 14.9 Å². The molecule has 4 N–H and O–H groups in total. The first-order chi connectivity index (χ1) is 14.5. The summed E-state index contributed by atoms with van der Waals surface area (Å²) in [5.74, 6) is 7.48. The van der Waals surface area contributed by atoms with Gasteiger partial charge in [0.2, 0.25) is 0 Å². The van der Waals surface area contributed by atoms with E-state index in [1.54, 1.807) is 23.9 Å².